The third kappa shape index (κ3) is 4.91. The van der Waals surface area contributed by atoms with Crippen molar-refractivity contribution in [1.82, 2.24) is 14.5 Å². The maximum Gasteiger partial charge on any atom is 0.360 e. The number of hydrogen-bond acceptors (Lipinski definition) is 4. The Morgan fingerprint density at radius 3 is 2.77 bits per heavy atom. The van der Waals surface area contributed by atoms with Crippen LogP contribution in [0.25, 0.3) is 11.0 Å². The number of aryl methyl sites for hydroxylation is 1. The fourth-order valence-electron chi connectivity index (χ4n) is 5.07. The summed E-state index contributed by atoms with van der Waals surface area (Å²) < 4.78 is 1.62. The van der Waals surface area contributed by atoms with Crippen LogP contribution in [-0.2, 0) is 6.54 Å². The molecule has 0 saturated carbocycles. The van der Waals surface area contributed by atoms with E-state index < -0.39 is 17.2 Å². The molecule has 0 radical (unpaired) electrons. The van der Waals surface area contributed by atoms with Crippen LogP contribution >= 0.6 is 0 Å². The summed E-state index contributed by atoms with van der Waals surface area (Å²) in [7, 11) is 0. The van der Waals surface area contributed by atoms with E-state index in [1.165, 1.54) is 38.5 Å². The molecule has 0 unspecified atom stereocenters. The van der Waals surface area contributed by atoms with E-state index in [0.717, 1.165) is 12.8 Å². The average molecular weight is 414 g/mol. The van der Waals surface area contributed by atoms with Gasteiger partial charge in [-0.15, -0.1) is 0 Å². The molecule has 30 heavy (non-hydrogen) atoms. The summed E-state index contributed by atoms with van der Waals surface area (Å²) in [5.41, 5.74) is 0.360. The van der Waals surface area contributed by atoms with Gasteiger partial charge in [0, 0.05) is 24.7 Å². The summed E-state index contributed by atoms with van der Waals surface area (Å²) in [6, 6.07) is 8.78. The first-order valence-corrected chi connectivity index (χ1v) is 11.4. The van der Waals surface area contributed by atoms with Crippen molar-refractivity contribution in [2.45, 2.75) is 96.8 Å². The highest BCUT2D eigenvalue weighted by molar-refractivity contribution is 5.88. The number of benzene rings is 1. The monoisotopic (exact) mass is 413 g/mol. The van der Waals surface area contributed by atoms with E-state index in [0.29, 0.717) is 35.7 Å². The number of likely N-dealkylation sites (tertiary alicyclic amines) is 1. The maximum absolute atomic E-state index is 12.9. The predicted octanol–water partition coefficient (Wildman–Crippen LogP) is 4.70. The van der Waals surface area contributed by atoms with E-state index in [-0.39, 0.29) is 0 Å². The standard InChI is InChI=1S/C24H35N3O3/c1-4-5-6-10-17(2)27-18(3)11-9-12-19(27)15-16-26-21-14-8-7-13-20(21)25-22(23(26)28)24(29)30/h7-8,13-14,17-19H,4-6,9-12,15-16H2,1-3H3,(H,29,30)/t17-,18+,19+/m0/s1. The minimum Gasteiger partial charge on any atom is -0.476 e. The Balaban J connectivity index is 1.84. The van der Waals surface area contributed by atoms with Gasteiger partial charge in [-0.2, -0.15) is 0 Å². The highest BCUT2D eigenvalue weighted by Gasteiger charge is 2.31. The fourth-order valence-corrected chi connectivity index (χ4v) is 5.07. The molecule has 0 spiro atoms. The van der Waals surface area contributed by atoms with E-state index in [1.54, 1.807) is 10.6 Å². The molecule has 6 nitrogen and oxygen atoms in total. The predicted molar refractivity (Wildman–Crippen MR) is 120 cm³/mol. The summed E-state index contributed by atoms with van der Waals surface area (Å²) in [4.78, 5) is 31.1. The molecule has 1 N–H and O–H groups in total. The molecule has 164 valence electrons. The van der Waals surface area contributed by atoms with Crippen LogP contribution in [0.4, 0.5) is 0 Å². The molecule has 2 heterocycles. The second-order valence-corrected chi connectivity index (χ2v) is 8.73. The van der Waals surface area contributed by atoms with E-state index in [9.17, 15) is 14.7 Å². The van der Waals surface area contributed by atoms with Gasteiger partial charge in [-0.25, -0.2) is 9.78 Å². The van der Waals surface area contributed by atoms with E-state index >= 15 is 0 Å². The molecule has 3 rings (SSSR count). The van der Waals surface area contributed by atoms with Crippen LogP contribution in [0.3, 0.4) is 0 Å². The molecular weight excluding hydrogens is 378 g/mol. The Hall–Kier alpha value is -2.21. The molecule has 0 bridgehead atoms. The van der Waals surface area contributed by atoms with Crippen molar-refractivity contribution < 1.29 is 9.90 Å². The topological polar surface area (TPSA) is 75.4 Å². The number of aromatic carboxylic acids is 1. The number of rotatable bonds is 9. The number of nitrogens with zero attached hydrogens (tertiary/aromatic N) is 3. The normalized spacial score (nSPS) is 21.0. The molecule has 1 aliphatic rings. The van der Waals surface area contributed by atoms with Crippen LogP contribution in [0.2, 0.25) is 0 Å². The van der Waals surface area contributed by atoms with Gasteiger partial charge in [0.1, 0.15) is 0 Å². The third-order valence-corrected chi connectivity index (χ3v) is 6.57. The van der Waals surface area contributed by atoms with Crippen LogP contribution in [0.5, 0.6) is 0 Å². The number of para-hydroxylation sites is 2. The molecule has 3 atom stereocenters. The number of fused-ring (bicyclic) bond motifs is 1. The van der Waals surface area contributed by atoms with Crippen molar-refractivity contribution in [2.75, 3.05) is 0 Å². The van der Waals surface area contributed by atoms with Crippen molar-refractivity contribution in [3.05, 3.63) is 40.3 Å². The van der Waals surface area contributed by atoms with Crippen LogP contribution < -0.4 is 5.56 Å². The van der Waals surface area contributed by atoms with Crippen LogP contribution in [0, 0.1) is 0 Å². The minimum absolute atomic E-state index is 0.393. The number of hydrogen-bond donors (Lipinski definition) is 1. The highest BCUT2D eigenvalue weighted by atomic mass is 16.4. The average Bonchev–Trinajstić information content (AvgIpc) is 2.72. The van der Waals surface area contributed by atoms with Gasteiger partial charge in [0.15, 0.2) is 0 Å². The number of aromatic nitrogens is 2. The van der Waals surface area contributed by atoms with E-state index in [4.69, 9.17) is 0 Å². The lowest BCUT2D eigenvalue weighted by atomic mass is 9.91. The second kappa shape index (κ2) is 10.2. The number of carbonyl (C=O) groups is 1. The summed E-state index contributed by atoms with van der Waals surface area (Å²) in [6.45, 7) is 7.40. The summed E-state index contributed by atoms with van der Waals surface area (Å²) >= 11 is 0. The van der Waals surface area contributed by atoms with Crippen molar-refractivity contribution in [2.24, 2.45) is 0 Å². The largest absolute Gasteiger partial charge is 0.476 e. The van der Waals surface area contributed by atoms with Gasteiger partial charge in [-0.1, -0.05) is 44.7 Å². The molecule has 1 saturated heterocycles. The first-order valence-electron chi connectivity index (χ1n) is 11.4. The number of carboxylic acid groups (broad SMARTS) is 1. The van der Waals surface area contributed by atoms with Crippen molar-refractivity contribution >= 4 is 17.0 Å². The zero-order valence-electron chi connectivity index (χ0n) is 18.5. The van der Waals surface area contributed by atoms with Gasteiger partial charge in [0.05, 0.1) is 11.0 Å². The van der Waals surface area contributed by atoms with Gasteiger partial charge >= 0.3 is 5.97 Å². The lowest BCUT2D eigenvalue weighted by molar-refractivity contribution is 0.0419. The van der Waals surface area contributed by atoms with E-state index in [2.05, 4.69) is 30.7 Å². The van der Waals surface area contributed by atoms with Gasteiger partial charge in [0.2, 0.25) is 5.69 Å². The molecule has 1 aliphatic heterocycles. The Morgan fingerprint density at radius 1 is 1.27 bits per heavy atom. The Bertz CT molecular complexity index is 924. The molecule has 1 aromatic carbocycles. The SMILES string of the molecule is CCCCC[C@H](C)N1[C@@H](CCn2c(=O)c(C(=O)O)nc3ccccc32)CCC[C@H]1C. The van der Waals surface area contributed by atoms with Crippen LogP contribution in [0.1, 0.15) is 82.6 Å². The molecule has 0 aliphatic carbocycles. The molecule has 0 amide bonds. The van der Waals surface area contributed by atoms with Gasteiger partial charge in [0.25, 0.3) is 5.56 Å². The summed E-state index contributed by atoms with van der Waals surface area (Å²) in [5, 5.41) is 9.43. The third-order valence-electron chi connectivity index (χ3n) is 6.57. The smallest absolute Gasteiger partial charge is 0.360 e. The maximum atomic E-state index is 12.9. The van der Waals surface area contributed by atoms with Gasteiger partial charge in [-0.3, -0.25) is 9.69 Å². The van der Waals surface area contributed by atoms with Crippen LogP contribution in [0.15, 0.2) is 29.1 Å². The summed E-state index contributed by atoms with van der Waals surface area (Å²) in [5.74, 6) is -1.27. The van der Waals surface area contributed by atoms with Crippen molar-refractivity contribution in [3.8, 4) is 0 Å². The summed E-state index contributed by atoms with van der Waals surface area (Å²) in [6.07, 6.45) is 9.36. The van der Waals surface area contributed by atoms with Crippen molar-refractivity contribution in [3.63, 3.8) is 0 Å². The lowest BCUT2D eigenvalue weighted by Gasteiger charge is -2.45. The number of unbranched alkanes of at least 4 members (excludes halogenated alkanes) is 2. The highest BCUT2D eigenvalue weighted by Crippen LogP contribution is 2.29. The molecule has 1 aromatic heterocycles. The minimum atomic E-state index is -1.27. The molecule has 1 fully saturated rings. The number of piperidine rings is 1. The zero-order chi connectivity index (χ0) is 21.7. The zero-order valence-corrected chi connectivity index (χ0v) is 18.5. The van der Waals surface area contributed by atoms with Crippen LogP contribution in [-0.4, -0.2) is 43.7 Å². The Morgan fingerprint density at radius 2 is 2.03 bits per heavy atom. The molecular formula is C24H35N3O3. The first kappa shape index (κ1) is 22.5. The van der Waals surface area contributed by atoms with Crippen molar-refractivity contribution in [1.29, 1.82) is 0 Å². The number of carboxylic acids is 1. The lowest BCUT2D eigenvalue weighted by Crippen LogP contribution is -2.50. The first-order chi connectivity index (χ1) is 14.4. The van der Waals surface area contributed by atoms with E-state index in [1.807, 2.05) is 18.2 Å². The van der Waals surface area contributed by atoms with Gasteiger partial charge in [-0.05, 0) is 51.7 Å². The quantitative estimate of drug-likeness (QED) is 0.603. The Labute approximate surface area is 178 Å². The molecule has 2 aromatic rings. The van der Waals surface area contributed by atoms with Gasteiger partial charge < -0.3 is 9.67 Å². The Kier molecular flexibility index (Phi) is 7.64. The molecule has 6 heteroatoms. The second-order valence-electron chi connectivity index (χ2n) is 8.73. The fraction of sp³-hybridized carbons (Fsp3) is 0.625.